The van der Waals surface area contributed by atoms with E-state index in [1.807, 2.05) is 0 Å². The van der Waals surface area contributed by atoms with E-state index >= 15 is 0 Å². The molecule has 5 aliphatic carbocycles. The summed E-state index contributed by atoms with van der Waals surface area (Å²) >= 11 is 0. The lowest BCUT2D eigenvalue weighted by atomic mass is 9.51. The molecular weight excluding hydrogens is 448 g/mol. The summed E-state index contributed by atoms with van der Waals surface area (Å²) in [6.07, 6.45) is 7.21. The van der Waals surface area contributed by atoms with Gasteiger partial charge in [-0.05, 0) is 54.8 Å². The predicted molar refractivity (Wildman–Crippen MR) is 140 cm³/mol. The van der Waals surface area contributed by atoms with E-state index in [-0.39, 0.29) is 0 Å². The Labute approximate surface area is 210 Å². The number of morpholine rings is 2. The molecule has 4 bridgehead atoms. The summed E-state index contributed by atoms with van der Waals surface area (Å²) in [6.45, 7) is 18.7. The van der Waals surface area contributed by atoms with Gasteiger partial charge in [-0.3, -0.25) is 9.80 Å². The fraction of sp³-hybridized carbons (Fsp3) is 1.00. The molecule has 0 radical (unpaired) electrons. The van der Waals surface area contributed by atoms with Crippen LogP contribution in [0.1, 0.15) is 59.8 Å². The third-order valence-electron chi connectivity index (χ3n) is 12.1. The molecule has 33 heavy (non-hydrogen) atoms. The third kappa shape index (κ3) is 3.40. The summed E-state index contributed by atoms with van der Waals surface area (Å²) in [7, 11) is 4.49. The van der Waals surface area contributed by atoms with Crippen LogP contribution in [0.5, 0.6) is 0 Å². The van der Waals surface area contributed by atoms with Crippen molar-refractivity contribution in [2.75, 3.05) is 64.1 Å². The van der Waals surface area contributed by atoms with Gasteiger partial charge >= 0.3 is 0 Å². The van der Waals surface area contributed by atoms with E-state index in [0.29, 0.717) is 21.7 Å². The molecule has 0 aromatic rings. The van der Waals surface area contributed by atoms with Crippen molar-refractivity contribution in [2.45, 2.75) is 71.9 Å². The molecule has 0 aromatic heterocycles. The lowest BCUT2D eigenvalue weighted by molar-refractivity contribution is -0.0811. The molecule has 4 nitrogen and oxygen atoms in total. The van der Waals surface area contributed by atoms with Crippen molar-refractivity contribution in [3.05, 3.63) is 0 Å². The van der Waals surface area contributed by atoms with Crippen molar-refractivity contribution in [2.24, 2.45) is 33.5 Å². The lowest BCUT2D eigenvalue weighted by Gasteiger charge is -2.58. The first-order valence-electron chi connectivity index (χ1n) is 13.7. The van der Waals surface area contributed by atoms with Crippen LogP contribution in [0.25, 0.3) is 0 Å². The normalized spacial score (nSPS) is 46.5. The summed E-state index contributed by atoms with van der Waals surface area (Å²) in [5.41, 5.74) is 1.98. The number of ether oxygens (including phenoxy) is 2. The van der Waals surface area contributed by atoms with E-state index in [9.17, 15) is 0 Å². The summed E-state index contributed by atoms with van der Waals surface area (Å²) in [5.74, 6) is 4.53. The second-order valence-electron chi connectivity index (χ2n) is 13.2. The maximum absolute atomic E-state index is 5.71. The minimum Gasteiger partial charge on any atom is -0.379 e. The largest absolute Gasteiger partial charge is 0.379 e. The van der Waals surface area contributed by atoms with Crippen molar-refractivity contribution in [1.29, 1.82) is 0 Å². The Morgan fingerprint density at radius 2 is 1.18 bits per heavy atom. The maximum Gasteiger partial charge on any atom is 0.0594 e. The number of nitrogens with zero attached hydrogens (tertiary/aromatic N) is 2. The molecule has 6 unspecified atom stereocenters. The first-order chi connectivity index (χ1) is 15.8. The second-order valence-corrected chi connectivity index (χ2v) is 15.7. The summed E-state index contributed by atoms with van der Waals surface area (Å²) < 4.78 is 11.4. The Morgan fingerprint density at radius 3 is 1.73 bits per heavy atom. The second kappa shape index (κ2) is 8.55. The molecule has 7 aliphatic rings. The van der Waals surface area contributed by atoms with E-state index < -0.39 is 0 Å². The van der Waals surface area contributed by atoms with Crippen LogP contribution in [0.4, 0.5) is 0 Å². The summed E-state index contributed by atoms with van der Waals surface area (Å²) in [5, 5.41) is 0. The molecule has 0 amide bonds. The Bertz CT molecular complexity index is 736. The van der Waals surface area contributed by atoms with Crippen LogP contribution in [0.3, 0.4) is 0 Å². The summed E-state index contributed by atoms with van der Waals surface area (Å²) in [4.78, 5) is 5.62. The summed E-state index contributed by atoms with van der Waals surface area (Å²) in [6, 6.07) is 1.56. The zero-order valence-corrected chi connectivity index (χ0v) is 23.1. The Morgan fingerprint density at radius 1 is 0.697 bits per heavy atom. The lowest BCUT2D eigenvalue weighted by Crippen LogP contribution is -2.58. The number of hydrogen-bond acceptors (Lipinski definition) is 6. The topological polar surface area (TPSA) is 24.9 Å². The quantitative estimate of drug-likeness (QED) is 0.364. The molecule has 7 fully saturated rings. The SMILES string of the molecule is CC1(C)C2CCC1(CSSCC13CC(CC1N1CCOCC1)C3(C)C)C(N1CCOCC1)C2. The molecule has 2 heterocycles. The highest BCUT2D eigenvalue weighted by atomic mass is 33.1. The molecule has 7 rings (SSSR count). The Kier molecular flexibility index (Phi) is 6.19. The molecule has 0 aromatic carbocycles. The first kappa shape index (κ1) is 23.9. The average Bonchev–Trinajstić information content (AvgIpc) is 3.48. The van der Waals surface area contributed by atoms with E-state index in [2.05, 4.69) is 59.1 Å². The van der Waals surface area contributed by atoms with Crippen molar-refractivity contribution < 1.29 is 9.47 Å². The highest BCUT2D eigenvalue weighted by Crippen LogP contribution is 2.73. The van der Waals surface area contributed by atoms with Crippen LogP contribution >= 0.6 is 21.6 Å². The van der Waals surface area contributed by atoms with E-state index in [1.54, 1.807) is 0 Å². The molecule has 0 spiro atoms. The first-order valence-corrected chi connectivity index (χ1v) is 16.2. The van der Waals surface area contributed by atoms with Crippen LogP contribution in [-0.2, 0) is 9.47 Å². The van der Waals surface area contributed by atoms with Gasteiger partial charge in [0.1, 0.15) is 0 Å². The van der Waals surface area contributed by atoms with Gasteiger partial charge in [0.15, 0.2) is 0 Å². The molecule has 2 aliphatic heterocycles. The van der Waals surface area contributed by atoms with Gasteiger partial charge in [-0.1, -0.05) is 49.3 Å². The average molecular weight is 495 g/mol. The van der Waals surface area contributed by atoms with Crippen LogP contribution < -0.4 is 0 Å². The van der Waals surface area contributed by atoms with Crippen LogP contribution in [0.2, 0.25) is 0 Å². The molecule has 6 heteroatoms. The van der Waals surface area contributed by atoms with Crippen LogP contribution in [0, 0.1) is 33.5 Å². The number of rotatable bonds is 7. The molecular formula is C27H46N2O2S2. The van der Waals surface area contributed by atoms with Gasteiger partial charge in [-0.15, -0.1) is 0 Å². The van der Waals surface area contributed by atoms with E-state index in [0.717, 1.165) is 76.5 Å². The standard InChI is InChI=1S/C27H46N2O2S2/c1-24(2)20-5-6-26(24,22(15-20)28-7-11-30-12-8-28)18-32-33-19-27-17-21(25(27,3)4)16-23(27)29-9-13-31-14-10-29/h20-23H,5-19H2,1-4H3. The molecule has 2 saturated heterocycles. The monoisotopic (exact) mass is 494 g/mol. The van der Waals surface area contributed by atoms with Crippen LogP contribution in [0.15, 0.2) is 0 Å². The van der Waals surface area contributed by atoms with Gasteiger partial charge in [0, 0.05) is 60.6 Å². The molecule has 5 saturated carbocycles. The van der Waals surface area contributed by atoms with Gasteiger partial charge in [-0.2, -0.15) is 0 Å². The minimum atomic E-state index is 0.479. The zero-order chi connectivity index (χ0) is 22.9. The van der Waals surface area contributed by atoms with Crippen molar-refractivity contribution in [3.8, 4) is 0 Å². The highest BCUT2D eigenvalue weighted by molar-refractivity contribution is 8.76. The molecule has 188 valence electrons. The Hall–Kier alpha value is 0.540. The predicted octanol–water partition coefficient (Wildman–Crippen LogP) is 5.03. The van der Waals surface area contributed by atoms with Crippen molar-refractivity contribution in [1.82, 2.24) is 9.80 Å². The minimum absolute atomic E-state index is 0.479. The van der Waals surface area contributed by atoms with E-state index in [4.69, 9.17) is 9.47 Å². The fourth-order valence-electron chi connectivity index (χ4n) is 9.46. The molecule has 0 N–H and O–H groups in total. The van der Waals surface area contributed by atoms with Crippen molar-refractivity contribution >= 4 is 21.6 Å². The van der Waals surface area contributed by atoms with E-state index in [1.165, 1.54) is 43.6 Å². The zero-order valence-electron chi connectivity index (χ0n) is 21.4. The van der Waals surface area contributed by atoms with Gasteiger partial charge in [0.25, 0.3) is 0 Å². The maximum atomic E-state index is 5.71. The van der Waals surface area contributed by atoms with Gasteiger partial charge < -0.3 is 9.47 Å². The highest BCUT2D eigenvalue weighted by Gasteiger charge is 2.70. The van der Waals surface area contributed by atoms with Gasteiger partial charge in [-0.25, -0.2) is 0 Å². The smallest absolute Gasteiger partial charge is 0.0594 e. The van der Waals surface area contributed by atoms with Crippen molar-refractivity contribution in [3.63, 3.8) is 0 Å². The number of fused-ring (bicyclic) bond motifs is 3. The fourth-order valence-corrected chi connectivity index (χ4v) is 13.2. The van der Waals surface area contributed by atoms with Gasteiger partial charge in [0.05, 0.1) is 26.4 Å². The Balaban J connectivity index is 1.13. The molecule has 6 atom stereocenters. The number of hydrogen-bond donors (Lipinski definition) is 0. The van der Waals surface area contributed by atoms with Gasteiger partial charge in [0.2, 0.25) is 0 Å². The third-order valence-corrected chi connectivity index (χ3v) is 14.8. The van der Waals surface area contributed by atoms with Crippen LogP contribution in [-0.4, -0.2) is 86.0 Å².